The highest BCUT2D eigenvalue weighted by atomic mass is 32.1. The second-order valence-corrected chi connectivity index (χ2v) is 4.69. The molecule has 0 amide bonds. The molecule has 0 radical (unpaired) electrons. The molecule has 1 aromatic heterocycles. The monoisotopic (exact) mass is 197 g/mol. The van der Waals surface area contributed by atoms with Gasteiger partial charge in [0.05, 0.1) is 16.7 Å². The van der Waals surface area contributed by atoms with Crippen molar-refractivity contribution in [3.05, 3.63) is 16.1 Å². The maximum absolute atomic E-state index is 5.54. The molecule has 1 unspecified atom stereocenters. The minimum Gasteiger partial charge on any atom is -0.271 e. The van der Waals surface area contributed by atoms with Crippen LogP contribution in [-0.4, -0.2) is 4.98 Å². The van der Waals surface area contributed by atoms with Gasteiger partial charge in [0.2, 0.25) is 0 Å². The van der Waals surface area contributed by atoms with Gasteiger partial charge in [-0.3, -0.25) is 11.3 Å². The van der Waals surface area contributed by atoms with E-state index >= 15 is 0 Å². The second kappa shape index (κ2) is 3.74. The number of nitrogens with zero attached hydrogens (tertiary/aromatic N) is 1. The molecule has 0 bridgehead atoms. The SMILES string of the molecule is Cc1nc(C(NN)C2CCC2)cs1. The zero-order valence-corrected chi connectivity index (χ0v) is 8.60. The zero-order chi connectivity index (χ0) is 9.26. The standard InChI is InChI=1S/C9H15N3S/c1-6-11-8(5-13-6)9(12-10)7-3-2-4-7/h5,7,9,12H,2-4,10H2,1H3. The third-order valence-corrected chi connectivity index (χ3v) is 3.55. The first kappa shape index (κ1) is 9.12. The highest BCUT2D eigenvalue weighted by Crippen LogP contribution is 2.37. The molecule has 0 spiro atoms. The maximum atomic E-state index is 5.54. The van der Waals surface area contributed by atoms with E-state index in [1.807, 2.05) is 6.92 Å². The number of nitrogens with one attached hydrogen (secondary N) is 1. The van der Waals surface area contributed by atoms with Gasteiger partial charge >= 0.3 is 0 Å². The van der Waals surface area contributed by atoms with Crippen LogP contribution in [0.1, 0.15) is 36.0 Å². The number of hydrazine groups is 1. The third kappa shape index (κ3) is 1.75. The Morgan fingerprint density at radius 2 is 2.46 bits per heavy atom. The molecule has 1 heterocycles. The molecule has 0 saturated heterocycles. The predicted octanol–water partition coefficient (Wildman–Crippen LogP) is 1.76. The van der Waals surface area contributed by atoms with Crippen molar-refractivity contribution in [3.8, 4) is 0 Å². The number of aryl methyl sites for hydroxylation is 1. The second-order valence-electron chi connectivity index (χ2n) is 3.63. The van der Waals surface area contributed by atoms with E-state index in [1.165, 1.54) is 19.3 Å². The molecule has 1 aliphatic rings. The summed E-state index contributed by atoms with van der Waals surface area (Å²) in [5, 5.41) is 3.23. The van der Waals surface area contributed by atoms with E-state index in [1.54, 1.807) is 11.3 Å². The van der Waals surface area contributed by atoms with Crippen LogP contribution >= 0.6 is 11.3 Å². The fraction of sp³-hybridized carbons (Fsp3) is 0.667. The average Bonchev–Trinajstić information content (AvgIpc) is 2.43. The predicted molar refractivity (Wildman–Crippen MR) is 54.3 cm³/mol. The van der Waals surface area contributed by atoms with Crippen molar-refractivity contribution in [1.29, 1.82) is 0 Å². The first-order valence-corrected chi connectivity index (χ1v) is 5.57. The third-order valence-electron chi connectivity index (χ3n) is 2.76. The van der Waals surface area contributed by atoms with E-state index in [4.69, 9.17) is 5.84 Å². The first-order valence-electron chi connectivity index (χ1n) is 4.69. The number of nitrogens with two attached hydrogens (primary N) is 1. The van der Waals surface area contributed by atoms with Gasteiger partial charge in [0.25, 0.3) is 0 Å². The zero-order valence-electron chi connectivity index (χ0n) is 7.79. The Morgan fingerprint density at radius 3 is 2.85 bits per heavy atom. The van der Waals surface area contributed by atoms with Gasteiger partial charge in [-0.2, -0.15) is 0 Å². The van der Waals surface area contributed by atoms with Gasteiger partial charge in [-0.25, -0.2) is 4.98 Å². The molecule has 2 rings (SSSR count). The molecular formula is C9H15N3S. The van der Waals surface area contributed by atoms with Crippen molar-refractivity contribution in [3.63, 3.8) is 0 Å². The summed E-state index contributed by atoms with van der Waals surface area (Å²) in [6, 6.07) is 0.277. The van der Waals surface area contributed by atoms with Gasteiger partial charge in [0.1, 0.15) is 0 Å². The normalized spacial score (nSPS) is 19.8. The highest BCUT2D eigenvalue weighted by molar-refractivity contribution is 7.09. The summed E-state index contributed by atoms with van der Waals surface area (Å²) in [6.45, 7) is 2.03. The Morgan fingerprint density at radius 1 is 1.69 bits per heavy atom. The van der Waals surface area contributed by atoms with Crippen LogP contribution in [0.15, 0.2) is 5.38 Å². The van der Waals surface area contributed by atoms with Gasteiger partial charge in [-0.15, -0.1) is 11.3 Å². The van der Waals surface area contributed by atoms with Crippen molar-refractivity contribution in [1.82, 2.24) is 10.4 Å². The molecule has 0 aromatic carbocycles. The molecule has 1 saturated carbocycles. The van der Waals surface area contributed by atoms with Gasteiger partial charge in [0.15, 0.2) is 0 Å². The van der Waals surface area contributed by atoms with Crippen LogP contribution in [0.25, 0.3) is 0 Å². The average molecular weight is 197 g/mol. The van der Waals surface area contributed by atoms with E-state index < -0.39 is 0 Å². The Bertz CT molecular complexity index is 280. The van der Waals surface area contributed by atoms with E-state index in [-0.39, 0.29) is 6.04 Å². The van der Waals surface area contributed by atoms with Crippen molar-refractivity contribution in [2.75, 3.05) is 0 Å². The van der Waals surface area contributed by atoms with E-state index in [0.717, 1.165) is 10.7 Å². The molecule has 72 valence electrons. The number of hydrogen-bond donors (Lipinski definition) is 2. The lowest BCUT2D eigenvalue weighted by Crippen LogP contribution is -2.36. The van der Waals surface area contributed by atoms with Gasteiger partial charge < -0.3 is 0 Å². The van der Waals surface area contributed by atoms with Crippen molar-refractivity contribution < 1.29 is 0 Å². The lowest BCUT2D eigenvalue weighted by molar-refractivity contribution is 0.229. The minimum absolute atomic E-state index is 0.277. The van der Waals surface area contributed by atoms with Crippen LogP contribution in [0.5, 0.6) is 0 Å². The quantitative estimate of drug-likeness (QED) is 0.573. The Balaban J connectivity index is 2.11. The molecule has 13 heavy (non-hydrogen) atoms. The molecular weight excluding hydrogens is 182 g/mol. The van der Waals surface area contributed by atoms with Crippen molar-refractivity contribution in [2.24, 2.45) is 11.8 Å². The lowest BCUT2D eigenvalue weighted by Gasteiger charge is -2.32. The largest absolute Gasteiger partial charge is 0.271 e. The summed E-state index contributed by atoms with van der Waals surface area (Å²) in [5.41, 5.74) is 4.00. The summed E-state index contributed by atoms with van der Waals surface area (Å²) in [6.07, 6.45) is 3.91. The Labute approximate surface area is 82.3 Å². The fourth-order valence-corrected chi connectivity index (χ4v) is 2.41. The maximum Gasteiger partial charge on any atom is 0.0898 e. The lowest BCUT2D eigenvalue weighted by atomic mass is 9.79. The number of thiazole rings is 1. The van der Waals surface area contributed by atoms with Gasteiger partial charge in [0, 0.05) is 5.38 Å². The van der Waals surface area contributed by atoms with Crippen molar-refractivity contribution >= 4 is 11.3 Å². The summed E-state index contributed by atoms with van der Waals surface area (Å²) in [4.78, 5) is 4.46. The molecule has 4 heteroatoms. The van der Waals surface area contributed by atoms with Gasteiger partial charge in [-0.05, 0) is 25.7 Å². The van der Waals surface area contributed by atoms with Crippen LogP contribution in [0, 0.1) is 12.8 Å². The molecule has 0 aliphatic heterocycles. The molecule has 1 aromatic rings. The summed E-state index contributed by atoms with van der Waals surface area (Å²) in [5.74, 6) is 6.24. The van der Waals surface area contributed by atoms with Crippen molar-refractivity contribution in [2.45, 2.75) is 32.2 Å². The fourth-order valence-electron chi connectivity index (χ4n) is 1.76. The first-order chi connectivity index (χ1) is 6.31. The summed E-state index contributed by atoms with van der Waals surface area (Å²) >= 11 is 1.69. The topological polar surface area (TPSA) is 50.9 Å². The van der Waals surface area contributed by atoms with E-state index in [0.29, 0.717) is 5.92 Å². The van der Waals surface area contributed by atoms with E-state index in [2.05, 4.69) is 15.8 Å². The van der Waals surface area contributed by atoms with Crippen LogP contribution in [0.4, 0.5) is 0 Å². The Hall–Kier alpha value is -0.450. The van der Waals surface area contributed by atoms with Crippen LogP contribution in [0.3, 0.4) is 0 Å². The van der Waals surface area contributed by atoms with Crippen LogP contribution in [-0.2, 0) is 0 Å². The summed E-state index contributed by atoms with van der Waals surface area (Å²) in [7, 11) is 0. The number of hydrogen-bond acceptors (Lipinski definition) is 4. The van der Waals surface area contributed by atoms with Crippen LogP contribution < -0.4 is 11.3 Å². The van der Waals surface area contributed by atoms with Gasteiger partial charge in [-0.1, -0.05) is 6.42 Å². The molecule has 1 atom stereocenters. The molecule has 3 nitrogen and oxygen atoms in total. The Kier molecular flexibility index (Phi) is 2.62. The van der Waals surface area contributed by atoms with E-state index in [9.17, 15) is 0 Å². The highest BCUT2D eigenvalue weighted by Gasteiger charge is 2.28. The summed E-state index contributed by atoms with van der Waals surface area (Å²) < 4.78 is 0. The smallest absolute Gasteiger partial charge is 0.0898 e. The van der Waals surface area contributed by atoms with Crippen LogP contribution in [0.2, 0.25) is 0 Å². The number of aromatic nitrogens is 1. The minimum atomic E-state index is 0.277. The molecule has 3 N–H and O–H groups in total. The molecule has 1 aliphatic carbocycles. The number of rotatable bonds is 3. The molecule has 1 fully saturated rings.